The fourth-order valence-electron chi connectivity index (χ4n) is 7.58. The number of hydrogen-bond acceptors (Lipinski definition) is 25. The lowest BCUT2D eigenvalue weighted by Crippen LogP contribution is -2.40. The van der Waals surface area contributed by atoms with Crippen molar-refractivity contribution < 1.29 is 61.7 Å². The van der Waals surface area contributed by atoms with Crippen LogP contribution >= 0.6 is 15.2 Å². The van der Waals surface area contributed by atoms with Crippen molar-refractivity contribution in [3.63, 3.8) is 0 Å². The van der Waals surface area contributed by atoms with E-state index in [1.807, 2.05) is 23.9 Å². The lowest BCUT2D eigenvalue weighted by atomic mass is 10.1. The molecule has 0 unspecified atom stereocenters. The molecule has 6 rings (SSSR count). The number of fused-ring (bicyclic) bond motifs is 2. The highest BCUT2D eigenvalue weighted by Gasteiger charge is 2.26. The second-order valence-corrected chi connectivity index (χ2v) is 22.1. The molecule has 0 radical (unpaired) electrons. The van der Waals surface area contributed by atoms with Gasteiger partial charge in [-0.25, -0.2) is 29.5 Å². The highest BCUT2D eigenvalue weighted by Crippen LogP contribution is 2.49. The molecule has 0 saturated carbocycles. The van der Waals surface area contributed by atoms with Crippen LogP contribution in [0.15, 0.2) is 60.9 Å². The number of unbranched alkanes of at least 4 members (excludes halogenated alkanes) is 2. The SMILES string of the molecule is CCOP(=O)(CCCC[C@H](N)C(=O)O)OCC.CCOP(=O)(CCCC[C@H](NC(=O)c1ccc(N(C)Cc2cnc3nc(N)nc(N)c3n2)cc1)C(=O)O)OCC.CN(Cc1cnc2nc(N)nc(N)c2n1)c1ccc(C(=O)O)cc1. The minimum atomic E-state index is -3.19. The first-order valence-electron chi connectivity index (χ1n) is 25.7. The molecule has 2 atom stereocenters. The Labute approximate surface area is 467 Å². The Hall–Kier alpha value is -7.78. The van der Waals surface area contributed by atoms with E-state index in [0.29, 0.717) is 104 Å². The van der Waals surface area contributed by atoms with E-state index in [0.717, 1.165) is 11.4 Å². The van der Waals surface area contributed by atoms with E-state index in [1.165, 1.54) is 0 Å². The van der Waals surface area contributed by atoms with Gasteiger partial charge in [0.1, 0.15) is 12.1 Å². The summed E-state index contributed by atoms with van der Waals surface area (Å²) in [6.07, 6.45) is 6.24. The number of aromatic carboxylic acids is 1. The number of nitrogens with one attached hydrogen (secondary N) is 1. The predicted octanol–water partition coefficient (Wildman–Crippen LogP) is 5.59. The molecule has 0 saturated heterocycles. The summed E-state index contributed by atoms with van der Waals surface area (Å²) in [7, 11) is -2.47. The number of aliphatic carboxylic acids is 2. The number of carboxylic acids is 3. The Bertz CT molecular complexity index is 3130. The summed E-state index contributed by atoms with van der Waals surface area (Å²) in [5.41, 5.74) is 33.1. The average Bonchev–Trinajstić information content (AvgIpc) is 3.46. The third kappa shape index (κ3) is 21.0. The fraction of sp³-hybridized carbons (Fsp3) is 0.440. The molecule has 29 nitrogen and oxygen atoms in total. The molecule has 4 heterocycles. The largest absolute Gasteiger partial charge is 0.480 e. The van der Waals surface area contributed by atoms with E-state index in [1.54, 1.807) is 88.6 Å². The molecule has 0 fully saturated rings. The third-order valence-electron chi connectivity index (χ3n) is 11.5. The van der Waals surface area contributed by atoms with Crippen LogP contribution in [0.3, 0.4) is 0 Å². The molecule has 1 amide bonds. The first kappa shape index (κ1) is 65.7. The monoisotopic (exact) mass is 1170 g/mol. The quantitative estimate of drug-likeness (QED) is 0.0204. The van der Waals surface area contributed by atoms with Crippen LogP contribution < -0.4 is 43.8 Å². The normalized spacial score (nSPS) is 12.1. The van der Waals surface area contributed by atoms with Gasteiger partial charge in [-0.15, -0.1) is 0 Å². The molecule has 440 valence electrons. The van der Waals surface area contributed by atoms with Crippen LogP contribution in [-0.2, 0) is 49.9 Å². The van der Waals surface area contributed by atoms with Gasteiger partial charge in [0.05, 0.1) is 81.2 Å². The van der Waals surface area contributed by atoms with Gasteiger partial charge >= 0.3 is 33.1 Å². The second kappa shape index (κ2) is 31.9. The maximum atomic E-state index is 12.8. The lowest BCUT2D eigenvalue weighted by Gasteiger charge is -2.20. The number of carbonyl (C=O) groups is 4. The highest BCUT2D eigenvalue weighted by atomic mass is 31.2. The average molecular weight is 1170 g/mol. The van der Waals surface area contributed by atoms with Crippen molar-refractivity contribution in [2.45, 2.75) is 91.4 Å². The van der Waals surface area contributed by atoms with Gasteiger partial charge in [-0.1, -0.05) is 12.8 Å². The van der Waals surface area contributed by atoms with Crippen LogP contribution in [0.1, 0.15) is 98.3 Å². The highest BCUT2D eigenvalue weighted by molar-refractivity contribution is 7.54. The summed E-state index contributed by atoms with van der Waals surface area (Å²) in [6.45, 7) is 9.02. The number of hydrogen-bond donors (Lipinski definition) is 9. The van der Waals surface area contributed by atoms with Crippen molar-refractivity contribution in [3.8, 4) is 0 Å². The molecule has 31 heteroatoms. The van der Waals surface area contributed by atoms with Gasteiger partial charge in [-0.2, -0.15) is 19.9 Å². The molecule has 6 aromatic rings. The van der Waals surface area contributed by atoms with Crippen molar-refractivity contribution in [2.24, 2.45) is 5.73 Å². The summed E-state index contributed by atoms with van der Waals surface area (Å²) in [6, 6.07) is 11.3. The number of amides is 1. The van der Waals surface area contributed by atoms with Crippen LogP contribution in [-0.4, -0.2) is 144 Å². The van der Waals surface area contributed by atoms with Crippen molar-refractivity contribution in [1.29, 1.82) is 0 Å². The van der Waals surface area contributed by atoms with Gasteiger partial charge in [0.2, 0.25) is 11.9 Å². The second-order valence-electron chi connectivity index (χ2n) is 17.8. The number of carbonyl (C=O) groups excluding carboxylic acids is 1. The first-order chi connectivity index (χ1) is 38.4. The molecule has 2 aromatic carbocycles. The van der Waals surface area contributed by atoms with Gasteiger partial charge in [-0.3, -0.25) is 18.7 Å². The first-order valence-corrected chi connectivity index (χ1v) is 29.1. The molecule has 0 aliphatic heterocycles. The van der Waals surface area contributed by atoms with Crippen molar-refractivity contribution in [3.05, 3.63) is 83.4 Å². The van der Waals surface area contributed by atoms with E-state index in [9.17, 15) is 33.4 Å². The zero-order valence-corrected chi connectivity index (χ0v) is 47.8. The molecule has 0 spiro atoms. The van der Waals surface area contributed by atoms with E-state index >= 15 is 0 Å². The molecule has 0 bridgehead atoms. The Balaban J connectivity index is 0.000000291. The minimum absolute atomic E-state index is 0.0227. The molecule has 0 aliphatic carbocycles. The van der Waals surface area contributed by atoms with Crippen molar-refractivity contribution in [2.75, 3.05) is 85.6 Å². The van der Waals surface area contributed by atoms with Crippen LogP contribution in [0.2, 0.25) is 0 Å². The zero-order valence-electron chi connectivity index (χ0n) is 46.0. The third-order valence-corrected chi connectivity index (χ3v) is 15.9. The summed E-state index contributed by atoms with van der Waals surface area (Å²) in [5.74, 6) is -3.22. The zero-order chi connectivity index (χ0) is 59.9. The van der Waals surface area contributed by atoms with E-state index in [4.69, 9.17) is 57.0 Å². The molecule has 81 heavy (non-hydrogen) atoms. The Morgan fingerprint density at radius 1 is 0.568 bits per heavy atom. The summed E-state index contributed by atoms with van der Waals surface area (Å²) < 4.78 is 45.3. The number of nitrogens with two attached hydrogens (primary N) is 5. The molecule has 4 aromatic heterocycles. The number of nitrogen functional groups attached to an aromatic ring is 4. The maximum absolute atomic E-state index is 12.8. The Kier molecular flexibility index (Phi) is 25.9. The van der Waals surface area contributed by atoms with Gasteiger partial charge < -0.3 is 77.2 Å². The minimum Gasteiger partial charge on any atom is -0.480 e. The molecule has 0 aliphatic rings. The number of benzene rings is 2. The van der Waals surface area contributed by atoms with E-state index in [2.05, 4.69) is 45.2 Å². The fourth-order valence-corrected chi connectivity index (χ4v) is 11.0. The Morgan fingerprint density at radius 2 is 0.963 bits per heavy atom. The number of anilines is 6. The van der Waals surface area contributed by atoms with Gasteiger partial charge in [0, 0.05) is 31.0 Å². The van der Waals surface area contributed by atoms with Crippen molar-refractivity contribution in [1.82, 2.24) is 45.2 Å². The molecule has 14 N–H and O–H groups in total. The van der Waals surface area contributed by atoms with Crippen LogP contribution in [0.4, 0.5) is 34.9 Å². The van der Waals surface area contributed by atoms with E-state index in [-0.39, 0.29) is 54.9 Å². The van der Waals surface area contributed by atoms with E-state index < -0.39 is 51.1 Å². The lowest BCUT2D eigenvalue weighted by molar-refractivity contribution is -0.140. The maximum Gasteiger partial charge on any atom is 0.335 e. The van der Waals surface area contributed by atoms with Crippen molar-refractivity contribution >= 4 is 96.2 Å². The Morgan fingerprint density at radius 3 is 1.33 bits per heavy atom. The van der Waals surface area contributed by atoms with Gasteiger partial charge in [0.25, 0.3) is 5.91 Å². The summed E-state index contributed by atoms with van der Waals surface area (Å²) in [4.78, 5) is 82.8. The topological polar surface area (TPSA) is 452 Å². The molecular weight excluding hydrogens is 1090 g/mol. The number of nitrogens with zero attached hydrogens (tertiary/aromatic N) is 10. The standard InChI is InChI=1S/C25H35N8O6P.C15H15N7O2.C10H22NO5P/c1-4-38-40(37,39-5-2)13-7-6-8-19(24(35)36)30-23(34)16-9-11-18(12-10-16)33(3)15-17-14-28-22-20(29-17)21(26)31-25(27)32-22;1-22(10-4-2-8(3-5-10)14(23)24)7-9-6-18-13-11(19-9)12(16)20-15(17)21-13;1-3-15-17(14,16-4-2)8-6-5-7-9(11)10(12)13/h9-12,14,19H,4-8,13,15H2,1-3H3,(H,30,34)(H,35,36)(H4,26,27,28,31,32);2-6H,7H2,1H3,(H,23,24)(H4,16,17,18,20,21);9H,3-8,11H2,1-2H3,(H,12,13)/t19-;;9-/m0.0/s1. The molecular formula is C50H72N16O13P2. The van der Waals surface area contributed by atoms with Gasteiger partial charge in [0.15, 0.2) is 34.0 Å². The van der Waals surface area contributed by atoms with Crippen LogP contribution in [0.5, 0.6) is 0 Å². The van der Waals surface area contributed by atoms with Gasteiger partial charge in [-0.05, 0) is 102 Å². The summed E-state index contributed by atoms with van der Waals surface area (Å²) >= 11 is 0. The number of aromatic nitrogens is 8. The number of rotatable bonds is 29. The smallest absolute Gasteiger partial charge is 0.335 e. The predicted molar refractivity (Wildman–Crippen MR) is 306 cm³/mol. The summed E-state index contributed by atoms with van der Waals surface area (Å²) in [5, 5.41) is 29.7. The van der Waals surface area contributed by atoms with Crippen LogP contribution in [0, 0.1) is 0 Å². The number of carboxylic acid groups (broad SMARTS) is 3. The van der Waals surface area contributed by atoms with Crippen LogP contribution in [0.25, 0.3) is 22.3 Å².